The van der Waals surface area contributed by atoms with Crippen molar-refractivity contribution in [1.29, 1.82) is 0 Å². The van der Waals surface area contributed by atoms with Crippen LogP contribution in [0.3, 0.4) is 0 Å². The van der Waals surface area contributed by atoms with Crippen LogP contribution in [0.2, 0.25) is 0 Å². The number of rotatable bonds is 3. The van der Waals surface area contributed by atoms with Crippen LogP contribution < -0.4 is 15.5 Å². The normalized spacial score (nSPS) is 21.3. The van der Waals surface area contributed by atoms with Crippen molar-refractivity contribution in [3.63, 3.8) is 0 Å². The van der Waals surface area contributed by atoms with Gasteiger partial charge >= 0.3 is 12.1 Å². The molecule has 2 aromatic rings. The van der Waals surface area contributed by atoms with E-state index in [1.165, 1.54) is 0 Å². The molecular weight excluding hydrogens is 382 g/mol. The number of urea groups is 2. The summed E-state index contributed by atoms with van der Waals surface area (Å²) in [6.45, 7) is 2.90. The number of likely N-dealkylation sites (tertiary alicyclic amines) is 1. The number of anilines is 2. The van der Waals surface area contributed by atoms with Crippen LogP contribution in [0.5, 0.6) is 0 Å². The second kappa shape index (κ2) is 7.97. The molecule has 4 amide bonds. The molecule has 9 nitrogen and oxygen atoms in total. The Morgan fingerprint density at radius 1 is 1.10 bits per heavy atom. The fourth-order valence-corrected chi connectivity index (χ4v) is 4.69. The molecule has 0 unspecified atom stereocenters. The number of carbonyl (C=O) groups is 2. The van der Waals surface area contributed by atoms with Gasteiger partial charge in [0, 0.05) is 44.0 Å². The van der Waals surface area contributed by atoms with Crippen LogP contribution in [0.15, 0.2) is 24.3 Å². The Bertz CT molecular complexity index is 957. The van der Waals surface area contributed by atoms with Crippen LogP contribution in [0, 0.1) is 0 Å². The lowest BCUT2D eigenvalue weighted by Crippen LogP contribution is -2.42. The van der Waals surface area contributed by atoms with Gasteiger partial charge in [0.15, 0.2) is 5.82 Å². The first-order valence-electron chi connectivity index (χ1n) is 10.9. The number of fused-ring (bicyclic) bond motifs is 1. The topological polar surface area (TPSA) is 95.4 Å². The largest absolute Gasteiger partial charge is 0.336 e. The molecule has 1 atom stereocenters. The monoisotopic (exact) mass is 409 g/mol. The first kappa shape index (κ1) is 18.9. The van der Waals surface area contributed by atoms with Crippen LogP contribution in [0.4, 0.5) is 21.0 Å². The molecule has 9 heteroatoms. The predicted molar refractivity (Wildman–Crippen MR) is 112 cm³/mol. The van der Waals surface area contributed by atoms with Gasteiger partial charge in [-0.2, -0.15) is 0 Å². The molecule has 30 heavy (non-hydrogen) atoms. The Labute approximate surface area is 175 Å². The average molecular weight is 409 g/mol. The van der Waals surface area contributed by atoms with Gasteiger partial charge in [0.05, 0.1) is 6.04 Å². The summed E-state index contributed by atoms with van der Waals surface area (Å²) in [6, 6.07) is 7.16. The number of hydrogen-bond acceptors (Lipinski definition) is 4. The minimum absolute atomic E-state index is 0.0503. The van der Waals surface area contributed by atoms with E-state index in [2.05, 4.69) is 25.4 Å². The Morgan fingerprint density at radius 2 is 2.00 bits per heavy atom. The Kier molecular flexibility index (Phi) is 5.02. The van der Waals surface area contributed by atoms with Gasteiger partial charge in [0.2, 0.25) is 0 Å². The number of piperidine rings is 1. The van der Waals surface area contributed by atoms with Crippen LogP contribution >= 0.6 is 0 Å². The molecule has 0 aliphatic carbocycles. The summed E-state index contributed by atoms with van der Waals surface area (Å²) in [4.78, 5) is 28.7. The van der Waals surface area contributed by atoms with Gasteiger partial charge in [-0.3, -0.25) is 4.90 Å². The third kappa shape index (κ3) is 3.48. The highest BCUT2D eigenvalue weighted by atomic mass is 16.2. The summed E-state index contributed by atoms with van der Waals surface area (Å²) in [5.74, 6) is 1.96. The Balaban J connectivity index is 1.35. The molecule has 5 rings (SSSR count). The van der Waals surface area contributed by atoms with E-state index < -0.39 is 0 Å². The van der Waals surface area contributed by atoms with Crippen molar-refractivity contribution < 1.29 is 9.59 Å². The van der Waals surface area contributed by atoms with Crippen LogP contribution in [0.1, 0.15) is 49.8 Å². The summed E-state index contributed by atoms with van der Waals surface area (Å²) in [5, 5.41) is 14.7. The molecule has 2 N–H and O–H groups in total. The number of aromatic nitrogens is 3. The first-order valence-corrected chi connectivity index (χ1v) is 10.9. The number of carbonyl (C=O) groups excluding carboxylic acids is 2. The number of aryl methyl sites for hydroxylation is 1. The minimum Gasteiger partial charge on any atom is -0.336 e. The average Bonchev–Trinajstić information content (AvgIpc) is 3.40. The zero-order chi connectivity index (χ0) is 20.5. The first-order chi connectivity index (χ1) is 14.7. The predicted octanol–water partition coefficient (Wildman–Crippen LogP) is 2.90. The van der Waals surface area contributed by atoms with Gasteiger partial charge in [-0.1, -0.05) is 6.07 Å². The number of nitrogens with zero attached hydrogens (tertiary/aromatic N) is 5. The van der Waals surface area contributed by atoms with Gasteiger partial charge in [-0.25, -0.2) is 9.59 Å². The molecule has 1 aromatic heterocycles. The zero-order valence-electron chi connectivity index (χ0n) is 17.0. The molecule has 0 radical (unpaired) electrons. The summed E-state index contributed by atoms with van der Waals surface area (Å²) in [5.41, 5.74) is 1.47. The van der Waals surface area contributed by atoms with Crippen molar-refractivity contribution in [2.45, 2.75) is 51.1 Å². The van der Waals surface area contributed by atoms with Gasteiger partial charge in [-0.05, 0) is 50.3 Å². The maximum Gasteiger partial charge on any atom is 0.322 e. The lowest BCUT2D eigenvalue weighted by molar-refractivity contribution is 0.156. The van der Waals surface area contributed by atoms with Crippen molar-refractivity contribution in [2.24, 2.45) is 0 Å². The highest BCUT2D eigenvalue weighted by Gasteiger charge is 2.33. The third-order valence-electron chi connectivity index (χ3n) is 6.22. The Morgan fingerprint density at radius 3 is 2.87 bits per heavy atom. The molecule has 3 aliphatic rings. The highest BCUT2D eigenvalue weighted by Crippen LogP contribution is 2.32. The van der Waals surface area contributed by atoms with Gasteiger partial charge in [0.25, 0.3) is 0 Å². The van der Waals surface area contributed by atoms with E-state index in [1.54, 1.807) is 4.90 Å². The van der Waals surface area contributed by atoms with Crippen LogP contribution in [0.25, 0.3) is 0 Å². The maximum absolute atomic E-state index is 13.2. The quantitative estimate of drug-likeness (QED) is 0.815. The zero-order valence-corrected chi connectivity index (χ0v) is 17.0. The molecule has 158 valence electrons. The van der Waals surface area contributed by atoms with Gasteiger partial charge in [-0.15, -0.1) is 10.2 Å². The maximum atomic E-state index is 13.2. The number of hydrogen-bond donors (Lipinski definition) is 2. The van der Waals surface area contributed by atoms with Gasteiger partial charge < -0.3 is 20.1 Å². The van der Waals surface area contributed by atoms with Crippen LogP contribution in [-0.4, -0.2) is 51.4 Å². The molecule has 2 fully saturated rings. The van der Waals surface area contributed by atoms with Gasteiger partial charge in [0.1, 0.15) is 5.82 Å². The number of amides is 4. The minimum atomic E-state index is -0.129. The lowest BCUT2D eigenvalue weighted by atomic mass is 10.0. The highest BCUT2D eigenvalue weighted by molar-refractivity contribution is 5.95. The lowest BCUT2D eigenvalue weighted by Gasteiger charge is -2.35. The SMILES string of the molecule is O=C1NCCN1c1cccc(NC(=O)N2CCCC[C@@H]2c2nnc3n2CCCC3)c1. The molecule has 3 aliphatic heterocycles. The molecule has 0 spiro atoms. The summed E-state index contributed by atoms with van der Waals surface area (Å²) >= 11 is 0. The summed E-state index contributed by atoms with van der Waals surface area (Å²) in [6.07, 6.45) is 6.21. The molecular formula is C21H27N7O2. The fourth-order valence-electron chi connectivity index (χ4n) is 4.69. The Hall–Kier alpha value is -3.10. The van der Waals surface area contributed by atoms with E-state index >= 15 is 0 Å². The van der Waals surface area contributed by atoms with Crippen molar-refractivity contribution >= 4 is 23.4 Å². The molecule has 0 saturated carbocycles. The number of benzene rings is 1. The van der Waals surface area contributed by atoms with Crippen molar-refractivity contribution in [3.8, 4) is 0 Å². The van der Waals surface area contributed by atoms with Crippen molar-refractivity contribution in [2.75, 3.05) is 29.9 Å². The van der Waals surface area contributed by atoms with E-state index in [0.717, 1.165) is 62.4 Å². The molecule has 1 aromatic carbocycles. The fraction of sp³-hybridized carbons (Fsp3) is 0.524. The third-order valence-corrected chi connectivity index (χ3v) is 6.22. The van der Waals surface area contributed by atoms with Crippen LogP contribution in [-0.2, 0) is 13.0 Å². The number of nitrogens with one attached hydrogen (secondary N) is 2. The second-order valence-corrected chi connectivity index (χ2v) is 8.15. The van der Waals surface area contributed by atoms with E-state index in [0.29, 0.717) is 25.3 Å². The smallest absolute Gasteiger partial charge is 0.322 e. The van der Waals surface area contributed by atoms with Crippen molar-refractivity contribution in [1.82, 2.24) is 25.0 Å². The van der Waals surface area contributed by atoms with E-state index in [4.69, 9.17) is 0 Å². The second-order valence-electron chi connectivity index (χ2n) is 8.15. The van der Waals surface area contributed by atoms with E-state index in [-0.39, 0.29) is 18.1 Å². The summed E-state index contributed by atoms with van der Waals surface area (Å²) < 4.78 is 2.21. The standard InChI is InChI=1S/C21H27N7O2/c29-20-22-10-13-26(20)16-7-5-6-15(14-16)23-21(30)27-11-3-1-8-17(27)19-25-24-18-9-2-4-12-28(18)19/h5-7,14,17H,1-4,8-13H2,(H,22,29)(H,23,30)/t17-/m1/s1. The molecule has 2 saturated heterocycles. The van der Waals surface area contributed by atoms with E-state index in [1.807, 2.05) is 29.2 Å². The molecule has 0 bridgehead atoms. The van der Waals surface area contributed by atoms with E-state index in [9.17, 15) is 9.59 Å². The van der Waals surface area contributed by atoms with Crippen molar-refractivity contribution in [3.05, 3.63) is 35.9 Å². The summed E-state index contributed by atoms with van der Waals surface area (Å²) in [7, 11) is 0. The molecule has 4 heterocycles.